The van der Waals surface area contributed by atoms with Crippen LogP contribution in [0.25, 0.3) is 0 Å². The lowest BCUT2D eigenvalue weighted by atomic mass is 10.1. The Morgan fingerprint density at radius 1 is 1.32 bits per heavy atom. The second-order valence-electron chi connectivity index (χ2n) is 5.51. The molecule has 0 saturated carbocycles. The number of rotatable bonds is 6. The minimum Gasteiger partial charge on any atom is -0.494 e. The quantitative estimate of drug-likeness (QED) is 0.890. The van der Waals surface area contributed by atoms with Gasteiger partial charge in [-0.1, -0.05) is 12.1 Å². The predicted molar refractivity (Wildman–Crippen MR) is 87.3 cm³/mol. The molecule has 0 aliphatic rings. The molecule has 0 fully saturated rings. The van der Waals surface area contributed by atoms with E-state index in [0.29, 0.717) is 13.0 Å². The molecule has 1 aromatic heterocycles. The molecular weight excluding hydrogens is 278 g/mol. The van der Waals surface area contributed by atoms with Gasteiger partial charge in [0.1, 0.15) is 11.6 Å². The van der Waals surface area contributed by atoms with Gasteiger partial charge in [-0.3, -0.25) is 4.79 Å². The molecule has 5 nitrogen and oxygen atoms in total. The number of nitrogens with one attached hydrogen (secondary N) is 1. The first-order valence-electron chi connectivity index (χ1n) is 7.57. The maximum absolute atomic E-state index is 12.2. The molecule has 0 aliphatic heterocycles. The molecule has 0 saturated heterocycles. The number of aryl methyl sites for hydroxylation is 1. The summed E-state index contributed by atoms with van der Waals surface area (Å²) in [6, 6.07) is 9.68. The van der Waals surface area contributed by atoms with E-state index in [1.54, 1.807) is 0 Å². The number of carbonyl (C=O) groups excluding carboxylic acids is 1. The van der Waals surface area contributed by atoms with Crippen LogP contribution in [0.15, 0.2) is 30.3 Å². The average molecular weight is 301 g/mol. The Bertz CT molecular complexity index is 630. The van der Waals surface area contributed by atoms with Crippen LogP contribution in [0.1, 0.15) is 38.1 Å². The first kappa shape index (κ1) is 16.1. The standard InChI is InChI=1S/C17H23N3O2/c1-5-22-15-8-6-14(7-9-15)11-17(21)18-16-10-13(4)19-20(16)12(2)3/h6-10,12H,5,11H2,1-4H3,(H,18,21). The summed E-state index contributed by atoms with van der Waals surface area (Å²) in [6.07, 6.45) is 0.328. The second-order valence-corrected chi connectivity index (χ2v) is 5.51. The van der Waals surface area contributed by atoms with E-state index in [1.807, 2.05) is 62.7 Å². The summed E-state index contributed by atoms with van der Waals surface area (Å²) in [4.78, 5) is 12.2. The Morgan fingerprint density at radius 2 is 2.00 bits per heavy atom. The highest BCUT2D eigenvalue weighted by molar-refractivity contribution is 5.91. The highest BCUT2D eigenvalue weighted by atomic mass is 16.5. The number of carbonyl (C=O) groups is 1. The van der Waals surface area contributed by atoms with Crippen LogP contribution in [0.4, 0.5) is 5.82 Å². The second kappa shape index (κ2) is 7.11. The van der Waals surface area contributed by atoms with E-state index in [0.717, 1.165) is 22.8 Å². The van der Waals surface area contributed by atoms with Crippen molar-refractivity contribution in [1.82, 2.24) is 9.78 Å². The van der Waals surface area contributed by atoms with Crippen molar-refractivity contribution >= 4 is 11.7 Å². The van der Waals surface area contributed by atoms with Gasteiger partial charge in [0.15, 0.2) is 0 Å². The first-order chi connectivity index (χ1) is 10.5. The molecule has 0 radical (unpaired) electrons. The average Bonchev–Trinajstić information content (AvgIpc) is 2.82. The highest BCUT2D eigenvalue weighted by Crippen LogP contribution is 2.17. The monoisotopic (exact) mass is 301 g/mol. The third-order valence-corrected chi connectivity index (χ3v) is 3.21. The topological polar surface area (TPSA) is 56.1 Å². The zero-order valence-corrected chi connectivity index (χ0v) is 13.6. The van der Waals surface area contributed by atoms with Crippen LogP contribution < -0.4 is 10.1 Å². The van der Waals surface area contributed by atoms with Gasteiger partial charge in [0.25, 0.3) is 0 Å². The van der Waals surface area contributed by atoms with Crippen molar-refractivity contribution in [3.8, 4) is 5.75 Å². The summed E-state index contributed by atoms with van der Waals surface area (Å²) in [6.45, 7) is 8.57. The van der Waals surface area contributed by atoms with Gasteiger partial charge in [0.05, 0.1) is 18.7 Å². The van der Waals surface area contributed by atoms with E-state index >= 15 is 0 Å². The molecule has 0 unspecified atom stereocenters. The molecule has 0 atom stereocenters. The van der Waals surface area contributed by atoms with Gasteiger partial charge in [0, 0.05) is 12.1 Å². The Labute approximate surface area is 131 Å². The fourth-order valence-electron chi connectivity index (χ4n) is 2.25. The third-order valence-electron chi connectivity index (χ3n) is 3.21. The number of hydrogen-bond acceptors (Lipinski definition) is 3. The summed E-state index contributed by atoms with van der Waals surface area (Å²) in [5.74, 6) is 1.51. The number of anilines is 1. The smallest absolute Gasteiger partial charge is 0.229 e. The molecule has 0 bridgehead atoms. The lowest BCUT2D eigenvalue weighted by molar-refractivity contribution is -0.115. The molecule has 1 N–H and O–H groups in total. The van der Waals surface area contributed by atoms with E-state index < -0.39 is 0 Å². The normalized spacial score (nSPS) is 10.8. The number of hydrogen-bond donors (Lipinski definition) is 1. The zero-order valence-electron chi connectivity index (χ0n) is 13.6. The number of nitrogens with zero attached hydrogens (tertiary/aromatic N) is 2. The lowest BCUT2D eigenvalue weighted by Gasteiger charge is -2.12. The van der Waals surface area contributed by atoms with Gasteiger partial charge >= 0.3 is 0 Å². The van der Waals surface area contributed by atoms with Crippen LogP contribution in [-0.2, 0) is 11.2 Å². The molecule has 1 aromatic carbocycles. The van der Waals surface area contributed by atoms with E-state index in [9.17, 15) is 4.79 Å². The summed E-state index contributed by atoms with van der Waals surface area (Å²) < 4.78 is 7.22. The maximum Gasteiger partial charge on any atom is 0.229 e. The maximum atomic E-state index is 12.2. The fourth-order valence-corrected chi connectivity index (χ4v) is 2.25. The van der Waals surface area contributed by atoms with Crippen LogP contribution >= 0.6 is 0 Å². The summed E-state index contributed by atoms with van der Waals surface area (Å²) in [5, 5.41) is 7.32. The van der Waals surface area contributed by atoms with Crippen molar-refractivity contribution in [2.45, 2.75) is 40.2 Å². The van der Waals surface area contributed by atoms with E-state index in [4.69, 9.17) is 4.74 Å². The van der Waals surface area contributed by atoms with Crippen LogP contribution in [-0.4, -0.2) is 22.3 Å². The van der Waals surface area contributed by atoms with Gasteiger partial charge in [-0.05, 0) is 45.4 Å². The van der Waals surface area contributed by atoms with Crippen molar-refractivity contribution in [1.29, 1.82) is 0 Å². The molecule has 22 heavy (non-hydrogen) atoms. The fraction of sp³-hybridized carbons (Fsp3) is 0.412. The van der Waals surface area contributed by atoms with E-state index in [-0.39, 0.29) is 11.9 Å². The van der Waals surface area contributed by atoms with Gasteiger partial charge in [0.2, 0.25) is 5.91 Å². The largest absolute Gasteiger partial charge is 0.494 e. The zero-order chi connectivity index (χ0) is 16.1. The van der Waals surface area contributed by atoms with Crippen molar-refractivity contribution in [2.75, 3.05) is 11.9 Å². The van der Waals surface area contributed by atoms with Crippen LogP contribution in [0, 0.1) is 6.92 Å². The SMILES string of the molecule is CCOc1ccc(CC(=O)Nc2cc(C)nn2C(C)C)cc1. The number of aromatic nitrogens is 2. The van der Waals surface area contributed by atoms with Gasteiger partial charge < -0.3 is 10.1 Å². The molecule has 1 heterocycles. The van der Waals surface area contributed by atoms with E-state index in [2.05, 4.69) is 10.4 Å². The van der Waals surface area contributed by atoms with Crippen LogP contribution in [0.3, 0.4) is 0 Å². The minimum atomic E-state index is -0.0500. The number of ether oxygens (including phenoxy) is 1. The molecule has 0 aliphatic carbocycles. The molecule has 2 rings (SSSR count). The van der Waals surface area contributed by atoms with Crippen LogP contribution in [0.5, 0.6) is 5.75 Å². The molecular formula is C17H23N3O2. The predicted octanol–water partition coefficient (Wildman–Crippen LogP) is 3.35. The molecule has 0 spiro atoms. The van der Waals surface area contributed by atoms with Gasteiger partial charge in [-0.15, -0.1) is 0 Å². The lowest BCUT2D eigenvalue weighted by Crippen LogP contribution is -2.18. The summed E-state index contributed by atoms with van der Waals surface area (Å²) >= 11 is 0. The van der Waals surface area contributed by atoms with Crippen LogP contribution in [0.2, 0.25) is 0 Å². The third kappa shape index (κ3) is 4.10. The highest BCUT2D eigenvalue weighted by Gasteiger charge is 2.12. The number of benzene rings is 1. The molecule has 2 aromatic rings. The Kier molecular flexibility index (Phi) is 5.20. The summed E-state index contributed by atoms with van der Waals surface area (Å²) in [5.41, 5.74) is 1.85. The molecule has 118 valence electrons. The minimum absolute atomic E-state index is 0.0500. The van der Waals surface area contributed by atoms with Gasteiger partial charge in [-0.25, -0.2) is 4.68 Å². The van der Waals surface area contributed by atoms with Crippen molar-refractivity contribution in [2.24, 2.45) is 0 Å². The van der Waals surface area contributed by atoms with Crippen molar-refractivity contribution < 1.29 is 9.53 Å². The number of amides is 1. The Morgan fingerprint density at radius 3 is 2.59 bits per heavy atom. The van der Waals surface area contributed by atoms with Crippen molar-refractivity contribution in [3.63, 3.8) is 0 Å². The summed E-state index contributed by atoms with van der Waals surface area (Å²) in [7, 11) is 0. The molecule has 5 heteroatoms. The van der Waals surface area contributed by atoms with Crippen molar-refractivity contribution in [3.05, 3.63) is 41.6 Å². The Balaban J connectivity index is 2.01. The van der Waals surface area contributed by atoms with E-state index in [1.165, 1.54) is 0 Å². The Hall–Kier alpha value is -2.30. The van der Waals surface area contributed by atoms with Gasteiger partial charge in [-0.2, -0.15) is 5.10 Å². The first-order valence-corrected chi connectivity index (χ1v) is 7.57. The molecule has 1 amide bonds.